The normalized spacial score (nSPS) is 16.2. The van der Waals surface area contributed by atoms with Gasteiger partial charge in [0.05, 0.1) is 0 Å². The smallest absolute Gasteiger partial charge is 0.190 e. The summed E-state index contributed by atoms with van der Waals surface area (Å²) in [5.41, 5.74) is 6.05. The first-order chi connectivity index (χ1) is 4.79. The Hall–Kier alpha value is -1.25. The predicted octanol–water partition coefficient (Wildman–Crippen LogP) is 0.703. The molecule has 1 aliphatic rings. The fraction of sp³-hybridized carbons (Fsp3) is 0.286. The average Bonchev–Trinajstić information content (AvgIpc) is 1.88. The fourth-order valence-corrected chi connectivity index (χ4v) is 0.862. The predicted molar refractivity (Wildman–Crippen MR) is 41.5 cm³/mol. The van der Waals surface area contributed by atoms with E-state index in [1.54, 1.807) is 0 Å². The number of guanidine groups is 1. The lowest BCUT2D eigenvalue weighted by Gasteiger charge is -2.07. The lowest BCUT2D eigenvalue weighted by molar-refractivity contribution is 0.977. The summed E-state index contributed by atoms with van der Waals surface area (Å²) in [4.78, 5) is 0. The summed E-state index contributed by atoms with van der Waals surface area (Å²) < 4.78 is 0. The van der Waals surface area contributed by atoms with Gasteiger partial charge in [-0.2, -0.15) is 0 Å². The van der Waals surface area contributed by atoms with Gasteiger partial charge in [0.2, 0.25) is 0 Å². The Morgan fingerprint density at radius 1 is 1.60 bits per heavy atom. The second-order valence-electron chi connectivity index (χ2n) is 2.18. The van der Waals surface area contributed by atoms with E-state index >= 15 is 0 Å². The zero-order chi connectivity index (χ0) is 7.40. The van der Waals surface area contributed by atoms with Crippen LogP contribution in [0.25, 0.3) is 0 Å². The van der Waals surface area contributed by atoms with Crippen LogP contribution in [0, 0.1) is 5.41 Å². The molecule has 0 heterocycles. The highest BCUT2D eigenvalue weighted by atomic mass is 15.0. The van der Waals surface area contributed by atoms with Gasteiger partial charge in [0.25, 0.3) is 0 Å². The molecule has 0 spiro atoms. The third kappa shape index (κ3) is 1.93. The summed E-state index contributed by atoms with van der Waals surface area (Å²) in [6, 6.07) is 0. The van der Waals surface area contributed by atoms with E-state index in [0.29, 0.717) is 0 Å². The molecule has 0 saturated carbocycles. The maximum atomic E-state index is 6.92. The van der Waals surface area contributed by atoms with E-state index < -0.39 is 0 Å². The van der Waals surface area contributed by atoms with Gasteiger partial charge in [0.15, 0.2) is 5.96 Å². The average molecular weight is 137 g/mol. The summed E-state index contributed by atoms with van der Waals surface area (Å²) in [6.45, 7) is 0. The van der Waals surface area contributed by atoms with Crippen LogP contribution < -0.4 is 11.1 Å². The molecule has 0 saturated heterocycles. The van der Waals surface area contributed by atoms with Crippen LogP contribution in [-0.2, 0) is 0 Å². The van der Waals surface area contributed by atoms with Crippen LogP contribution in [0.2, 0.25) is 0 Å². The van der Waals surface area contributed by atoms with Crippen LogP contribution in [0.4, 0.5) is 0 Å². The molecule has 0 aromatic carbocycles. The van der Waals surface area contributed by atoms with Crippen molar-refractivity contribution in [2.75, 3.05) is 0 Å². The van der Waals surface area contributed by atoms with Gasteiger partial charge in [-0.3, -0.25) is 5.41 Å². The largest absolute Gasteiger partial charge is 0.370 e. The lowest BCUT2D eigenvalue weighted by Crippen LogP contribution is -2.29. The molecule has 4 N–H and O–H groups in total. The van der Waals surface area contributed by atoms with Crippen LogP contribution in [0.1, 0.15) is 12.8 Å². The molecule has 3 nitrogen and oxygen atoms in total. The molecular weight excluding hydrogens is 126 g/mol. The van der Waals surface area contributed by atoms with Crippen molar-refractivity contribution in [2.24, 2.45) is 5.73 Å². The van der Waals surface area contributed by atoms with Gasteiger partial charge in [0, 0.05) is 5.70 Å². The summed E-state index contributed by atoms with van der Waals surface area (Å²) in [6.07, 6.45) is 8.15. The molecular formula is C7H11N3. The first-order valence-corrected chi connectivity index (χ1v) is 3.27. The number of nitrogens with two attached hydrogens (primary N) is 1. The topological polar surface area (TPSA) is 61.9 Å². The lowest BCUT2D eigenvalue weighted by atomic mass is 10.1. The second-order valence-corrected chi connectivity index (χ2v) is 2.18. The third-order valence-corrected chi connectivity index (χ3v) is 1.27. The van der Waals surface area contributed by atoms with Gasteiger partial charge in [-0.25, -0.2) is 0 Å². The molecule has 0 aromatic rings. The van der Waals surface area contributed by atoms with Crippen LogP contribution in [0.3, 0.4) is 0 Å². The first kappa shape index (κ1) is 6.86. The second kappa shape index (κ2) is 3.06. The monoisotopic (exact) mass is 137 g/mol. The van der Waals surface area contributed by atoms with E-state index in [-0.39, 0.29) is 5.96 Å². The number of allylic oxidation sites excluding steroid dienone is 3. The summed E-state index contributed by atoms with van der Waals surface area (Å²) in [7, 11) is 0. The number of hydrogen-bond acceptors (Lipinski definition) is 1. The van der Waals surface area contributed by atoms with Gasteiger partial charge in [-0.15, -0.1) is 0 Å². The highest BCUT2D eigenvalue weighted by molar-refractivity contribution is 5.76. The molecule has 3 heteroatoms. The van der Waals surface area contributed by atoms with E-state index in [4.69, 9.17) is 11.1 Å². The molecule has 0 bridgehead atoms. The molecule has 0 aliphatic heterocycles. The first-order valence-electron chi connectivity index (χ1n) is 3.27. The van der Waals surface area contributed by atoms with Crippen molar-refractivity contribution in [3.05, 3.63) is 23.9 Å². The van der Waals surface area contributed by atoms with E-state index in [9.17, 15) is 0 Å². The minimum Gasteiger partial charge on any atom is -0.370 e. The van der Waals surface area contributed by atoms with E-state index in [0.717, 1.165) is 18.5 Å². The van der Waals surface area contributed by atoms with E-state index in [2.05, 4.69) is 11.4 Å². The maximum absolute atomic E-state index is 6.92. The SMILES string of the molecule is N=C(N)NC1=CCCC=C1. The molecule has 0 aromatic heterocycles. The Balaban J connectivity index is 2.48. The van der Waals surface area contributed by atoms with Crippen molar-refractivity contribution in [3.8, 4) is 0 Å². The summed E-state index contributed by atoms with van der Waals surface area (Å²) in [5, 5.41) is 9.64. The van der Waals surface area contributed by atoms with Crippen LogP contribution in [0.15, 0.2) is 23.9 Å². The van der Waals surface area contributed by atoms with Gasteiger partial charge in [-0.1, -0.05) is 12.2 Å². The molecule has 0 amide bonds. The van der Waals surface area contributed by atoms with Crippen molar-refractivity contribution < 1.29 is 0 Å². The summed E-state index contributed by atoms with van der Waals surface area (Å²) >= 11 is 0. The van der Waals surface area contributed by atoms with Crippen molar-refractivity contribution in [3.63, 3.8) is 0 Å². The molecule has 10 heavy (non-hydrogen) atoms. The van der Waals surface area contributed by atoms with Crippen LogP contribution in [-0.4, -0.2) is 5.96 Å². The summed E-state index contributed by atoms with van der Waals surface area (Å²) in [5.74, 6) is -0.00204. The fourth-order valence-electron chi connectivity index (χ4n) is 0.862. The molecule has 1 rings (SSSR count). The van der Waals surface area contributed by atoms with Crippen molar-refractivity contribution in [1.82, 2.24) is 5.32 Å². The highest BCUT2D eigenvalue weighted by Gasteiger charge is 1.95. The Kier molecular flexibility index (Phi) is 2.10. The number of nitrogens with one attached hydrogen (secondary N) is 2. The third-order valence-electron chi connectivity index (χ3n) is 1.27. The van der Waals surface area contributed by atoms with Crippen LogP contribution in [0.5, 0.6) is 0 Å². The Morgan fingerprint density at radius 3 is 2.90 bits per heavy atom. The zero-order valence-corrected chi connectivity index (χ0v) is 5.72. The molecule has 0 unspecified atom stereocenters. The van der Waals surface area contributed by atoms with Gasteiger partial charge in [0.1, 0.15) is 0 Å². The molecule has 0 fully saturated rings. The van der Waals surface area contributed by atoms with E-state index in [1.807, 2.05) is 12.2 Å². The Bertz CT molecular complexity index is 191. The Labute approximate surface area is 60.1 Å². The Morgan fingerprint density at radius 2 is 2.40 bits per heavy atom. The van der Waals surface area contributed by atoms with Crippen molar-refractivity contribution in [1.29, 1.82) is 5.41 Å². The van der Waals surface area contributed by atoms with Crippen LogP contribution >= 0.6 is 0 Å². The molecule has 54 valence electrons. The standard InChI is InChI=1S/C7H11N3/c8-7(9)10-6-4-2-1-3-5-6/h2,4-5H,1,3H2,(H4,8,9,10). The maximum Gasteiger partial charge on any atom is 0.190 e. The number of rotatable bonds is 1. The highest BCUT2D eigenvalue weighted by Crippen LogP contribution is 2.05. The minimum absolute atomic E-state index is 0.00204. The zero-order valence-electron chi connectivity index (χ0n) is 5.72. The van der Waals surface area contributed by atoms with E-state index in [1.165, 1.54) is 0 Å². The minimum atomic E-state index is -0.00204. The van der Waals surface area contributed by atoms with Crippen molar-refractivity contribution in [2.45, 2.75) is 12.8 Å². The van der Waals surface area contributed by atoms with Gasteiger partial charge >= 0.3 is 0 Å². The van der Waals surface area contributed by atoms with Gasteiger partial charge in [-0.05, 0) is 18.9 Å². The molecule has 1 aliphatic carbocycles. The number of hydrogen-bond donors (Lipinski definition) is 3. The van der Waals surface area contributed by atoms with Crippen molar-refractivity contribution >= 4 is 5.96 Å². The van der Waals surface area contributed by atoms with Gasteiger partial charge < -0.3 is 11.1 Å². The quantitative estimate of drug-likeness (QED) is 0.368. The molecule has 0 radical (unpaired) electrons. The molecule has 0 atom stereocenters.